The van der Waals surface area contributed by atoms with Gasteiger partial charge in [-0.05, 0) is 24.0 Å². The average Bonchev–Trinajstić information content (AvgIpc) is 3.05. The SMILES string of the molecule is CC(C)c1nc(-c2cccc(C#C[C@]3(O)C(=O)N(C)CC3OC(=O)C(F)(F)F)c2)nc2cncc(N)c12. The molecule has 1 aliphatic heterocycles. The Labute approximate surface area is 209 Å². The molecule has 0 radical (unpaired) electrons. The molecule has 4 rings (SSSR count). The van der Waals surface area contributed by atoms with Crippen LogP contribution in [0.1, 0.15) is 31.0 Å². The normalized spacial score (nSPS) is 19.7. The van der Waals surface area contributed by atoms with E-state index in [0.717, 1.165) is 10.6 Å². The molecule has 3 heterocycles. The fourth-order valence-corrected chi connectivity index (χ4v) is 3.93. The number of alkyl halides is 3. The van der Waals surface area contributed by atoms with E-state index >= 15 is 0 Å². The molecule has 12 heteroatoms. The molecule has 3 aromatic rings. The molecule has 3 N–H and O–H groups in total. The topological polar surface area (TPSA) is 132 Å². The second-order valence-corrected chi connectivity index (χ2v) is 8.88. The highest BCUT2D eigenvalue weighted by Crippen LogP contribution is 2.30. The van der Waals surface area contributed by atoms with Crippen LogP contribution >= 0.6 is 0 Å². The van der Waals surface area contributed by atoms with Gasteiger partial charge in [0.15, 0.2) is 11.9 Å². The number of ether oxygens (including phenoxy) is 1. The van der Waals surface area contributed by atoms with Crippen LogP contribution in [-0.4, -0.2) is 68.3 Å². The Hall–Kier alpha value is -4.24. The summed E-state index contributed by atoms with van der Waals surface area (Å²) in [5.41, 5.74) is 6.04. The number of nitrogens with zero attached hydrogens (tertiary/aromatic N) is 4. The number of carbonyl (C=O) groups excluding carboxylic acids is 2. The first kappa shape index (κ1) is 25.8. The molecule has 1 fully saturated rings. The molecule has 37 heavy (non-hydrogen) atoms. The number of amides is 1. The number of carbonyl (C=O) groups is 2. The van der Waals surface area contributed by atoms with Crippen molar-refractivity contribution in [2.45, 2.75) is 37.6 Å². The molecule has 1 aromatic carbocycles. The Morgan fingerprint density at radius 3 is 2.70 bits per heavy atom. The summed E-state index contributed by atoms with van der Waals surface area (Å²) in [4.78, 5) is 38.1. The zero-order chi connectivity index (χ0) is 27.1. The smallest absolute Gasteiger partial charge is 0.449 e. The summed E-state index contributed by atoms with van der Waals surface area (Å²) in [6, 6.07) is 6.55. The minimum absolute atomic E-state index is 0.0212. The number of rotatable bonds is 3. The number of nitrogens with two attached hydrogens (primary N) is 1. The van der Waals surface area contributed by atoms with Gasteiger partial charge in [0.2, 0.25) is 5.60 Å². The van der Waals surface area contributed by atoms with Gasteiger partial charge in [-0.15, -0.1) is 0 Å². The molecule has 0 bridgehead atoms. The second kappa shape index (κ2) is 9.33. The fourth-order valence-electron chi connectivity index (χ4n) is 3.93. The second-order valence-electron chi connectivity index (χ2n) is 8.88. The predicted octanol–water partition coefficient (Wildman–Crippen LogP) is 2.43. The summed E-state index contributed by atoms with van der Waals surface area (Å²) in [5, 5.41) is 11.5. The molecule has 2 aromatic heterocycles. The average molecular weight is 513 g/mol. The lowest BCUT2D eigenvalue weighted by molar-refractivity contribution is -0.209. The van der Waals surface area contributed by atoms with Gasteiger partial charge in [0.05, 0.1) is 35.8 Å². The zero-order valence-electron chi connectivity index (χ0n) is 20.0. The Balaban J connectivity index is 1.71. The van der Waals surface area contributed by atoms with E-state index in [-0.39, 0.29) is 5.92 Å². The number of esters is 1. The highest BCUT2D eigenvalue weighted by atomic mass is 19.4. The van der Waals surface area contributed by atoms with Gasteiger partial charge in [0, 0.05) is 23.6 Å². The number of hydrogen-bond donors (Lipinski definition) is 2. The quantitative estimate of drug-likeness (QED) is 0.403. The number of hydrogen-bond acceptors (Lipinski definition) is 8. The molecule has 1 aliphatic rings. The van der Waals surface area contributed by atoms with Crippen molar-refractivity contribution in [3.8, 4) is 23.2 Å². The maximum absolute atomic E-state index is 12.7. The molecule has 2 atom stereocenters. The highest BCUT2D eigenvalue weighted by molar-refractivity contribution is 5.93. The standard InChI is InChI=1S/C25H22F3N5O4/c1-13(2)20-19-16(29)10-30-11-17(19)31-21(32-20)15-6-4-5-14(9-15)7-8-24(36)18(12-33(3)22(24)34)37-23(35)25(26,27)28/h4-6,9-11,13,18,36H,12,29H2,1-3H3/t18?,24-/m1/s1. The lowest BCUT2D eigenvalue weighted by Gasteiger charge is -2.21. The minimum atomic E-state index is -5.29. The molecular formula is C25H22F3N5O4. The molecule has 0 aliphatic carbocycles. The van der Waals surface area contributed by atoms with E-state index in [1.165, 1.54) is 13.2 Å². The van der Waals surface area contributed by atoms with Gasteiger partial charge in [0.25, 0.3) is 5.91 Å². The molecule has 1 saturated heterocycles. The Kier molecular flexibility index (Phi) is 6.51. The van der Waals surface area contributed by atoms with Gasteiger partial charge in [-0.3, -0.25) is 9.78 Å². The van der Waals surface area contributed by atoms with Gasteiger partial charge in [-0.1, -0.05) is 31.9 Å². The van der Waals surface area contributed by atoms with Crippen molar-refractivity contribution < 1.29 is 32.6 Å². The van der Waals surface area contributed by atoms with Crippen molar-refractivity contribution in [1.29, 1.82) is 0 Å². The largest absolute Gasteiger partial charge is 0.490 e. The number of likely N-dealkylation sites (N-methyl/N-ethyl adjacent to an activating group) is 1. The van der Waals surface area contributed by atoms with Crippen LogP contribution in [0.4, 0.5) is 18.9 Å². The minimum Gasteiger partial charge on any atom is -0.449 e. The first-order valence-electron chi connectivity index (χ1n) is 11.1. The van der Waals surface area contributed by atoms with Gasteiger partial charge >= 0.3 is 12.1 Å². The number of anilines is 1. The van der Waals surface area contributed by atoms with Gasteiger partial charge in [0.1, 0.15) is 0 Å². The number of nitrogen functional groups attached to an aromatic ring is 1. The Morgan fingerprint density at radius 1 is 1.30 bits per heavy atom. The van der Waals surface area contributed by atoms with Crippen molar-refractivity contribution in [2.24, 2.45) is 0 Å². The van der Waals surface area contributed by atoms with Crippen LogP contribution in [0.25, 0.3) is 22.3 Å². The van der Waals surface area contributed by atoms with E-state index < -0.39 is 36.3 Å². The lowest BCUT2D eigenvalue weighted by atomic mass is 9.99. The summed E-state index contributed by atoms with van der Waals surface area (Å²) in [5.74, 6) is 1.79. The first-order valence-corrected chi connectivity index (χ1v) is 11.1. The van der Waals surface area contributed by atoms with E-state index in [4.69, 9.17) is 5.73 Å². The van der Waals surface area contributed by atoms with Crippen LogP contribution in [0.5, 0.6) is 0 Å². The molecule has 0 spiro atoms. The van der Waals surface area contributed by atoms with E-state index in [9.17, 15) is 27.9 Å². The van der Waals surface area contributed by atoms with Gasteiger partial charge < -0.3 is 20.5 Å². The molecule has 9 nitrogen and oxygen atoms in total. The summed E-state index contributed by atoms with van der Waals surface area (Å²) < 4.78 is 42.5. The number of likely N-dealkylation sites (tertiary alicyclic amines) is 1. The number of fused-ring (bicyclic) bond motifs is 1. The maximum atomic E-state index is 12.7. The highest BCUT2D eigenvalue weighted by Gasteiger charge is 2.56. The Bertz CT molecular complexity index is 1460. The molecule has 1 unspecified atom stereocenters. The Morgan fingerprint density at radius 2 is 2.03 bits per heavy atom. The van der Waals surface area contributed by atoms with Crippen LogP contribution in [0, 0.1) is 11.8 Å². The van der Waals surface area contributed by atoms with Crippen LogP contribution in [0.2, 0.25) is 0 Å². The molecule has 192 valence electrons. The summed E-state index contributed by atoms with van der Waals surface area (Å²) in [6.07, 6.45) is -4.02. The van der Waals surface area contributed by atoms with Crippen LogP contribution in [-0.2, 0) is 14.3 Å². The number of aliphatic hydroxyl groups is 1. The van der Waals surface area contributed by atoms with Crippen molar-refractivity contribution in [2.75, 3.05) is 19.3 Å². The van der Waals surface area contributed by atoms with Crippen LogP contribution in [0.15, 0.2) is 36.7 Å². The van der Waals surface area contributed by atoms with Crippen molar-refractivity contribution in [3.05, 3.63) is 47.9 Å². The van der Waals surface area contributed by atoms with Crippen molar-refractivity contribution >= 4 is 28.5 Å². The lowest BCUT2D eigenvalue weighted by Crippen LogP contribution is -2.47. The van der Waals surface area contributed by atoms with Crippen molar-refractivity contribution in [1.82, 2.24) is 19.9 Å². The fraction of sp³-hybridized carbons (Fsp3) is 0.320. The number of halogens is 3. The van der Waals surface area contributed by atoms with E-state index in [1.54, 1.807) is 30.5 Å². The summed E-state index contributed by atoms with van der Waals surface area (Å²) >= 11 is 0. The van der Waals surface area contributed by atoms with Gasteiger partial charge in [-0.25, -0.2) is 14.8 Å². The predicted molar refractivity (Wildman–Crippen MR) is 127 cm³/mol. The summed E-state index contributed by atoms with van der Waals surface area (Å²) in [6.45, 7) is 3.48. The van der Waals surface area contributed by atoms with E-state index in [1.807, 2.05) is 13.8 Å². The molecular weight excluding hydrogens is 491 g/mol. The monoisotopic (exact) mass is 513 g/mol. The number of aromatic nitrogens is 3. The maximum Gasteiger partial charge on any atom is 0.490 e. The van der Waals surface area contributed by atoms with Gasteiger partial charge in [-0.2, -0.15) is 13.2 Å². The summed E-state index contributed by atoms with van der Waals surface area (Å²) in [7, 11) is 1.25. The van der Waals surface area contributed by atoms with E-state index in [0.29, 0.717) is 33.5 Å². The van der Waals surface area contributed by atoms with E-state index in [2.05, 4.69) is 31.5 Å². The zero-order valence-corrected chi connectivity index (χ0v) is 20.0. The molecule has 1 amide bonds. The third-order valence-corrected chi connectivity index (χ3v) is 5.79. The van der Waals surface area contributed by atoms with Crippen molar-refractivity contribution in [3.63, 3.8) is 0 Å². The number of benzene rings is 1. The van der Waals surface area contributed by atoms with Crippen LogP contribution in [0.3, 0.4) is 0 Å². The van der Waals surface area contributed by atoms with Crippen LogP contribution < -0.4 is 5.73 Å². The third-order valence-electron chi connectivity index (χ3n) is 5.79. The molecule has 0 saturated carbocycles. The number of pyridine rings is 1. The first-order chi connectivity index (χ1) is 17.3. The third kappa shape index (κ3) is 4.90.